The maximum Gasteiger partial charge on any atom is 0.323 e. The molecule has 1 aromatic carbocycles. The average molecular weight is 288 g/mol. The predicted octanol–water partition coefficient (Wildman–Crippen LogP) is 2.38. The van der Waals surface area contributed by atoms with Gasteiger partial charge < -0.3 is 10.0 Å². The van der Waals surface area contributed by atoms with Crippen LogP contribution in [0.25, 0.3) is 0 Å². The monoisotopic (exact) mass is 288 g/mol. The van der Waals surface area contributed by atoms with Gasteiger partial charge in [0.05, 0.1) is 0 Å². The number of carbonyl (C=O) groups is 1. The summed E-state index contributed by atoms with van der Waals surface area (Å²) in [6, 6.07) is 8.88. The molecule has 3 rings (SSSR count). The number of rotatable bonds is 2. The van der Waals surface area contributed by atoms with E-state index in [0.29, 0.717) is 6.42 Å². The summed E-state index contributed by atoms with van der Waals surface area (Å²) >= 11 is 0. The summed E-state index contributed by atoms with van der Waals surface area (Å²) in [5, 5.41) is 9.55. The summed E-state index contributed by atoms with van der Waals surface area (Å²) < 4.78 is 0. The van der Waals surface area contributed by atoms with Crippen molar-refractivity contribution in [2.75, 3.05) is 25.0 Å². The number of benzene rings is 1. The Morgan fingerprint density at radius 1 is 1.33 bits per heavy atom. The van der Waals surface area contributed by atoms with Crippen LogP contribution in [0, 0.1) is 0 Å². The van der Waals surface area contributed by atoms with Crippen molar-refractivity contribution in [2.45, 2.75) is 44.2 Å². The highest BCUT2D eigenvalue weighted by Gasteiger charge is 2.47. The van der Waals surface area contributed by atoms with Gasteiger partial charge in [-0.05, 0) is 51.3 Å². The Morgan fingerprint density at radius 3 is 2.81 bits per heavy atom. The second-order valence-electron chi connectivity index (χ2n) is 6.60. The molecule has 114 valence electrons. The third kappa shape index (κ3) is 2.42. The number of para-hydroxylation sites is 1. The van der Waals surface area contributed by atoms with E-state index in [0.717, 1.165) is 19.5 Å². The number of aryl methyl sites for hydroxylation is 1. The molecule has 2 aliphatic heterocycles. The fraction of sp³-hybridized carbons (Fsp3) is 0.588. The van der Waals surface area contributed by atoms with Crippen LogP contribution in [0.3, 0.4) is 0 Å². The van der Waals surface area contributed by atoms with E-state index in [9.17, 15) is 9.90 Å². The summed E-state index contributed by atoms with van der Waals surface area (Å²) in [6.45, 7) is 3.70. The zero-order chi connectivity index (χ0) is 15.0. The van der Waals surface area contributed by atoms with Gasteiger partial charge in [-0.25, -0.2) is 0 Å². The van der Waals surface area contributed by atoms with Gasteiger partial charge in [-0.2, -0.15) is 0 Å². The molecular weight excluding hydrogens is 264 g/mol. The SMILES string of the molecule is CN1CC(N2CCCCc3ccccc32)C[C@@]1(C)C(=O)O. The van der Waals surface area contributed by atoms with Gasteiger partial charge in [-0.3, -0.25) is 9.69 Å². The Hall–Kier alpha value is -1.55. The number of carboxylic acids is 1. The zero-order valence-electron chi connectivity index (χ0n) is 12.9. The van der Waals surface area contributed by atoms with E-state index < -0.39 is 11.5 Å². The molecule has 2 heterocycles. The molecule has 1 aromatic rings. The van der Waals surface area contributed by atoms with Crippen molar-refractivity contribution >= 4 is 11.7 Å². The standard InChI is InChI=1S/C17H24N2O2/c1-17(16(20)21)11-14(12-18(17)2)19-10-6-5-8-13-7-3-4-9-15(13)19/h3-4,7,9,14H,5-6,8,10-12H2,1-2H3,(H,20,21)/t14?,17-/m0/s1. The lowest BCUT2D eigenvalue weighted by Crippen LogP contribution is -2.45. The fourth-order valence-electron chi connectivity index (χ4n) is 3.76. The Labute approximate surface area is 126 Å². The molecule has 1 N–H and O–H groups in total. The van der Waals surface area contributed by atoms with E-state index in [1.807, 2.05) is 18.9 Å². The first-order chi connectivity index (χ1) is 10.0. The molecule has 1 unspecified atom stereocenters. The van der Waals surface area contributed by atoms with Gasteiger partial charge in [0.2, 0.25) is 0 Å². The van der Waals surface area contributed by atoms with Crippen LogP contribution in [-0.2, 0) is 11.2 Å². The van der Waals surface area contributed by atoms with Crippen LogP contribution in [0.1, 0.15) is 31.7 Å². The predicted molar refractivity (Wildman–Crippen MR) is 83.8 cm³/mol. The second kappa shape index (κ2) is 5.34. The number of likely N-dealkylation sites (N-methyl/N-ethyl adjacent to an activating group) is 1. The van der Waals surface area contributed by atoms with Crippen molar-refractivity contribution in [3.8, 4) is 0 Å². The summed E-state index contributed by atoms with van der Waals surface area (Å²) in [5.74, 6) is -0.712. The fourth-order valence-corrected chi connectivity index (χ4v) is 3.76. The first kappa shape index (κ1) is 14.4. The first-order valence-corrected chi connectivity index (χ1v) is 7.81. The highest BCUT2D eigenvalue weighted by atomic mass is 16.4. The van der Waals surface area contributed by atoms with Gasteiger partial charge in [-0.1, -0.05) is 18.2 Å². The van der Waals surface area contributed by atoms with Gasteiger partial charge in [0.1, 0.15) is 5.54 Å². The third-order valence-corrected chi connectivity index (χ3v) is 5.26. The molecule has 0 spiro atoms. The van der Waals surface area contributed by atoms with E-state index in [2.05, 4.69) is 29.2 Å². The normalized spacial score (nSPS) is 30.0. The van der Waals surface area contributed by atoms with Crippen LogP contribution in [0.4, 0.5) is 5.69 Å². The number of hydrogen-bond donors (Lipinski definition) is 1. The molecule has 0 saturated carbocycles. The van der Waals surface area contributed by atoms with Gasteiger partial charge in [0.15, 0.2) is 0 Å². The molecule has 2 aliphatic rings. The minimum absolute atomic E-state index is 0.287. The van der Waals surface area contributed by atoms with E-state index in [4.69, 9.17) is 0 Å². The van der Waals surface area contributed by atoms with Crippen LogP contribution in [0.15, 0.2) is 24.3 Å². The highest BCUT2D eigenvalue weighted by Crippen LogP contribution is 2.36. The molecule has 0 bridgehead atoms. The summed E-state index contributed by atoms with van der Waals surface area (Å²) in [7, 11) is 1.93. The largest absolute Gasteiger partial charge is 0.480 e. The van der Waals surface area contributed by atoms with Crippen LogP contribution < -0.4 is 4.90 Å². The van der Waals surface area contributed by atoms with Crippen molar-refractivity contribution < 1.29 is 9.90 Å². The Kier molecular flexibility index (Phi) is 3.66. The van der Waals surface area contributed by atoms with Gasteiger partial charge in [0.25, 0.3) is 0 Å². The average Bonchev–Trinajstić information content (AvgIpc) is 2.65. The molecule has 0 aromatic heterocycles. The molecule has 1 fully saturated rings. The molecule has 1 saturated heterocycles. The molecule has 2 atom stereocenters. The lowest BCUT2D eigenvalue weighted by atomic mass is 9.97. The van der Waals surface area contributed by atoms with Crippen LogP contribution in [0.5, 0.6) is 0 Å². The molecule has 4 heteroatoms. The minimum Gasteiger partial charge on any atom is -0.480 e. The van der Waals surface area contributed by atoms with Crippen molar-refractivity contribution in [1.29, 1.82) is 0 Å². The van der Waals surface area contributed by atoms with Crippen LogP contribution in [0.2, 0.25) is 0 Å². The summed E-state index contributed by atoms with van der Waals surface area (Å²) in [4.78, 5) is 16.1. The van der Waals surface area contributed by atoms with E-state index in [1.165, 1.54) is 24.1 Å². The Morgan fingerprint density at radius 2 is 2.10 bits per heavy atom. The van der Waals surface area contributed by atoms with E-state index >= 15 is 0 Å². The molecular formula is C17H24N2O2. The van der Waals surface area contributed by atoms with Gasteiger partial charge >= 0.3 is 5.97 Å². The lowest BCUT2D eigenvalue weighted by Gasteiger charge is -2.31. The van der Waals surface area contributed by atoms with Gasteiger partial charge in [-0.15, -0.1) is 0 Å². The van der Waals surface area contributed by atoms with E-state index in [-0.39, 0.29) is 6.04 Å². The summed E-state index contributed by atoms with van der Waals surface area (Å²) in [5.41, 5.74) is 1.97. The van der Waals surface area contributed by atoms with Crippen molar-refractivity contribution in [1.82, 2.24) is 4.90 Å². The lowest BCUT2D eigenvalue weighted by molar-refractivity contribution is -0.147. The maximum absolute atomic E-state index is 11.6. The number of nitrogens with zero attached hydrogens (tertiary/aromatic N) is 2. The third-order valence-electron chi connectivity index (χ3n) is 5.26. The number of carboxylic acid groups (broad SMARTS) is 1. The van der Waals surface area contributed by atoms with Crippen LogP contribution >= 0.6 is 0 Å². The van der Waals surface area contributed by atoms with Crippen molar-refractivity contribution in [2.24, 2.45) is 0 Å². The quantitative estimate of drug-likeness (QED) is 0.907. The minimum atomic E-state index is -0.744. The molecule has 0 aliphatic carbocycles. The van der Waals surface area contributed by atoms with Gasteiger partial charge in [0, 0.05) is 24.8 Å². The first-order valence-electron chi connectivity index (χ1n) is 7.81. The number of anilines is 1. The number of fused-ring (bicyclic) bond motifs is 1. The number of likely N-dealkylation sites (tertiary alicyclic amines) is 1. The molecule has 4 nitrogen and oxygen atoms in total. The topological polar surface area (TPSA) is 43.8 Å². The second-order valence-corrected chi connectivity index (χ2v) is 6.60. The molecule has 0 amide bonds. The van der Waals surface area contributed by atoms with Crippen molar-refractivity contribution in [3.63, 3.8) is 0 Å². The summed E-state index contributed by atoms with van der Waals surface area (Å²) in [6.07, 6.45) is 4.21. The Bertz CT molecular complexity index is 545. The Balaban J connectivity index is 1.90. The number of aliphatic carboxylic acids is 1. The smallest absolute Gasteiger partial charge is 0.323 e. The van der Waals surface area contributed by atoms with E-state index in [1.54, 1.807) is 0 Å². The molecule has 21 heavy (non-hydrogen) atoms. The zero-order valence-corrected chi connectivity index (χ0v) is 12.9. The van der Waals surface area contributed by atoms with Crippen molar-refractivity contribution in [3.05, 3.63) is 29.8 Å². The molecule has 0 radical (unpaired) electrons. The van der Waals surface area contributed by atoms with Crippen LogP contribution in [-0.4, -0.2) is 47.7 Å². The maximum atomic E-state index is 11.6. The highest BCUT2D eigenvalue weighted by molar-refractivity contribution is 5.79. The number of hydrogen-bond acceptors (Lipinski definition) is 3.